The number of H-pyrrole nitrogens is 1. The maximum Gasteiger partial charge on any atom is 0.329 e. The molecule has 0 saturated carbocycles. The molecular weight excluding hydrogens is 360 g/mol. The van der Waals surface area contributed by atoms with Gasteiger partial charge < -0.3 is 5.32 Å². The summed E-state index contributed by atoms with van der Waals surface area (Å²) in [6.45, 7) is 8.02. The van der Waals surface area contributed by atoms with E-state index >= 15 is 0 Å². The van der Waals surface area contributed by atoms with Crippen molar-refractivity contribution in [2.24, 2.45) is 7.05 Å². The number of nitrogens with zero attached hydrogens (tertiary/aromatic N) is 4. The van der Waals surface area contributed by atoms with Crippen LogP contribution in [0.2, 0.25) is 0 Å². The van der Waals surface area contributed by atoms with Crippen molar-refractivity contribution >= 4 is 22.8 Å². The van der Waals surface area contributed by atoms with Gasteiger partial charge in [-0.2, -0.15) is 5.10 Å². The molecule has 3 heterocycles. The van der Waals surface area contributed by atoms with Crippen molar-refractivity contribution in [2.75, 3.05) is 5.32 Å². The molecule has 0 radical (unpaired) electrons. The molecule has 1 amide bonds. The van der Waals surface area contributed by atoms with Crippen molar-refractivity contribution in [3.8, 4) is 0 Å². The lowest BCUT2D eigenvalue weighted by molar-refractivity contribution is 0.102. The van der Waals surface area contributed by atoms with Crippen LogP contribution in [0.25, 0.3) is 11.0 Å². The van der Waals surface area contributed by atoms with Crippen molar-refractivity contribution in [3.05, 3.63) is 49.9 Å². The smallest absolute Gasteiger partial charge is 0.307 e. The van der Waals surface area contributed by atoms with Gasteiger partial charge in [0.25, 0.3) is 11.5 Å². The molecule has 9 heteroatoms. The summed E-state index contributed by atoms with van der Waals surface area (Å²) in [5.74, 6) is 0.0701. The topological polar surface area (TPSA) is 115 Å². The molecule has 3 aromatic heterocycles. The van der Waals surface area contributed by atoms with Gasteiger partial charge in [0.05, 0.1) is 16.6 Å². The molecule has 0 aliphatic rings. The molecule has 0 aromatic carbocycles. The summed E-state index contributed by atoms with van der Waals surface area (Å²) in [5.41, 5.74) is 0.651. The SMILES string of the molecule is CCCn1c(=O)[nH]c(=O)c2c(C(=O)Nc3cc(C)nn3C)cc(C(C)C)nc21. The van der Waals surface area contributed by atoms with E-state index in [4.69, 9.17) is 0 Å². The standard InChI is InChI=1S/C19H24N6O3/c1-6-7-25-16-15(18(27)22-19(25)28)12(9-13(20-16)10(2)3)17(26)21-14-8-11(4)23-24(14)5/h8-10H,6-7H2,1-5H3,(H,21,26)(H,22,27,28). The number of hydrogen-bond donors (Lipinski definition) is 2. The van der Waals surface area contributed by atoms with Gasteiger partial charge in [-0.05, 0) is 25.3 Å². The van der Waals surface area contributed by atoms with Crippen molar-refractivity contribution in [2.45, 2.75) is 46.6 Å². The molecule has 0 bridgehead atoms. The summed E-state index contributed by atoms with van der Waals surface area (Å²) in [6.07, 6.45) is 0.685. The molecule has 0 aliphatic carbocycles. The third kappa shape index (κ3) is 3.47. The number of carbonyl (C=O) groups is 1. The number of rotatable bonds is 5. The van der Waals surface area contributed by atoms with E-state index in [0.29, 0.717) is 24.5 Å². The molecule has 0 saturated heterocycles. The van der Waals surface area contributed by atoms with Crippen LogP contribution in [0.5, 0.6) is 0 Å². The van der Waals surface area contributed by atoms with Crippen LogP contribution in [0, 0.1) is 6.92 Å². The third-order valence-electron chi connectivity index (χ3n) is 4.50. The second-order valence-electron chi connectivity index (χ2n) is 7.11. The Morgan fingerprint density at radius 2 is 2.00 bits per heavy atom. The van der Waals surface area contributed by atoms with E-state index in [0.717, 1.165) is 5.69 Å². The lowest BCUT2D eigenvalue weighted by atomic mass is 10.0. The summed E-state index contributed by atoms with van der Waals surface area (Å²) in [7, 11) is 1.72. The first-order chi connectivity index (χ1) is 13.2. The summed E-state index contributed by atoms with van der Waals surface area (Å²) in [5, 5.41) is 7.11. The van der Waals surface area contributed by atoms with Crippen LogP contribution in [0.1, 0.15) is 54.9 Å². The summed E-state index contributed by atoms with van der Waals surface area (Å²) >= 11 is 0. The monoisotopic (exact) mass is 384 g/mol. The molecule has 0 atom stereocenters. The van der Waals surface area contributed by atoms with E-state index < -0.39 is 17.2 Å². The van der Waals surface area contributed by atoms with E-state index in [1.54, 1.807) is 23.9 Å². The van der Waals surface area contributed by atoms with Crippen LogP contribution in [-0.2, 0) is 13.6 Å². The minimum absolute atomic E-state index is 0.0133. The number of carbonyl (C=O) groups excluding carboxylic acids is 1. The Labute approximate surface area is 161 Å². The lowest BCUT2D eigenvalue weighted by Crippen LogP contribution is -2.32. The average molecular weight is 384 g/mol. The number of hydrogen-bond acceptors (Lipinski definition) is 5. The summed E-state index contributed by atoms with van der Waals surface area (Å²) in [6, 6.07) is 3.35. The van der Waals surface area contributed by atoms with Crippen LogP contribution in [-0.4, -0.2) is 30.2 Å². The number of aromatic amines is 1. The zero-order valence-corrected chi connectivity index (χ0v) is 16.7. The average Bonchev–Trinajstić information content (AvgIpc) is 2.94. The highest BCUT2D eigenvalue weighted by Gasteiger charge is 2.21. The van der Waals surface area contributed by atoms with Crippen LogP contribution >= 0.6 is 0 Å². The lowest BCUT2D eigenvalue weighted by Gasteiger charge is -2.14. The number of fused-ring (bicyclic) bond motifs is 1. The predicted molar refractivity (Wildman–Crippen MR) is 107 cm³/mol. The minimum atomic E-state index is -0.624. The molecule has 3 rings (SSSR count). The summed E-state index contributed by atoms with van der Waals surface area (Å²) < 4.78 is 2.96. The van der Waals surface area contributed by atoms with Crippen LogP contribution in [0.3, 0.4) is 0 Å². The fourth-order valence-corrected chi connectivity index (χ4v) is 3.11. The quantitative estimate of drug-likeness (QED) is 0.697. The molecule has 9 nitrogen and oxygen atoms in total. The van der Waals surface area contributed by atoms with Gasteiger partial charge in [0, 0.05) is 25.4 Å². The molecule has 0 fully saturated rings. The maximum atomic E-state index is 13.1. The number of anilines is 1. The minimum Gasteiger partial charge on any atom is -0.307 e. The highest BCUT2D eigenvalue weighted by atomic mass is 16.2. The van der Waals surface area contributed by atoms with Crippen molar-refractivity contribution in [3.63, 3.8) is 0 Å². The Morgan fingerprint density at radius 1 is 1.29 bits per heavy atom. The van der Waals surface area contributed by atoms with Crippen molar-refractivity contribution < 1.29 is 4.79 Å². The first-order valence-electron chi connectivity index (χ1n) is 9.22. The molecule has 2 N–H and O–H groups in total. The predicted octanol–water partition coefficient (Wildman–Crippen LogP) is 1.91. The highest BCUT2D eigenvalue weighted by molar-refractivity contribution is 6.11. The largest absolute Gasteiger partial charge is 0.329 e. The number of pyridine rings is 1. The second-order valence-corrected chi connectivity index (χ2v) is 7.11. The van der Waals surface area contributed by atoms with Gasteiger partial charge in [0.1, 0.15) is 5.82 Å². The molecule has 0 spiro atoms. The van der Waals surface area contributed by atoms with Gasteiger partial charge in [-0.25, -0.2) is 9.78 Å². The normalized spacial score (nSPS) is 11.4. The Balaban J connectivity index is 2.27. The van der Waals surface area contributed by atoms with Gasteiger partial charge in [0.2, 0.25) is 0 Å². The van der Waals surface area contributed by atoms with Crippen LogP contribution in [0.4, 0.5) is 5.82 Å². The van der Waals surface area contributed by atoms with Crippen molar-refractivity contribution in [1.29, 1.82) is 0 Å². The van der Waals surface area contributed by atoms with Gasteiger partial charge in [-0.15, -0.1) is 0 Å². The van der Waals surface area contributed by atoms with Crippen LogP contribution < -0.4 is 16.6 Å². The number of aromatic nitrogens is 5. The van der Waals surface area contributed by atoms with Crippen LogP contribution in [0.15, 0.2) is 21.7 Å². The third-order valence-corrected chi connectivity index (χ3v) is 4.50. The van der Waals surface area contributed by atoms with E-state index in [-0.39, 0.29) is 22.5 Å². The number of amides is 1. The second kappa shape index (κ2) is 7.41. The molecule has 148 valence electrons. The Bertz CT molecular complexity index is 1170. The maximum absolute atomic E-state index is 13.1. The number of aryl methyl sites for hydroxylation is 3. The zero-order chi connectivity index (χ0) is 20.6. The Morgan fingerprint density at radius 3 is 2.57 bits per heavy atom. The Kier molecular flexibility index (Phi) is 5.17. The van der Waals surface area contributed by atoms with Gasteiger partial charge >= 0.3 is 5.69 Å². The van der Waals surface area contributed by atoms with E-state index in [1.807, 2.05) is 27.7 Å². The fraction of sp³-hybridized carbons (Fsp3) is 0.421. The van der Waals surface area contributed by atoms with E-state index in [1.165, 1.54) is 4.57 Å². The molecule has 0 unspecified atom stereocenters. The first-order valence-corrected chi connectivity index (χ1v) is 9.22. The zero-order valence-electron chi connectivity index (χ0n) is 16.7. The first kappa shape index (κ1) is 19.5. The molecular formula is C19H24N6O3. The number of nitrogens with one attached hydrogen (secondary N) is 2. The molecule has 28 heavy (non-hydrogen) atoms. The van der Waals surface area contributed by atoms with Gasteiger partial charge in [-0.3, -0.25) is 23.8 Å². The van der Waals surface area contributed by atoms with Gasteiger partial charge in [-0.1, -0.05) is 20.8 Å². The Hall–Kier alpha value is -3.23. The fourth-order valence-electron chi connectivity index (χ4n) is 3.11. The van der Waals surface area contributed by atoms with E-state index in [9.17, 15) is 14.4 Å². The molecule has 3 aromatic rings. The van der Waals surface area contributed by atoms with E-state index in [2.05, 4.69) is 20.4 Å². The van der Waals surface area contributed by atoms with Gasteiger partial charge in [0.15, 0.2) is 5.65 Å². The summed E-state index contributed by atoms with van der Waals surface area (Å²) in [4.78, 5) is 44.8. The highest BCUT2D eigenvalue weighted by Crippen LogP contribution is 2.21. The molecule has 0 aliphatic heterocycles. The van der Waals surface area contributed by atoms with Crippen molar-refractivity contribution in [1.82, 2.24) is 24.3 Å².